The summed E-state index contributed by atoms with van der Waals surface area (Å²) >= 11 is 11.5. The lowest BCUT2D eigenvalue weighted by molar-refractivity contribution is 0.569. The summed E-state index contributed by atoms with van der Waals surface area (Å²) in [7, 11) is 3.90. The minimum absolute atomic E-state index is 0.258. The summed E-state index contributed by atoms with van der Waals surface area (Å²) in [6, 6.07) is 4.46. The zero-order valence-electron chi connectivity index (χ0n) is 10.5. The van der Waals surface area contributed by atoms with Crippen LogP contribution >= 0.6 is 38.9 Å². The van der Waals surface area contributed by atoms with Gasteiger partial charge >= 0.3 is 0 Å². The summed E-state index contributed by atoms with van der Waals surface area (Å²) < 4.78 is 3.01. The maximum atomic E-state index is 6.29. The van der Waals surface area contributed by atoms with E-state index in [1.165, 1.54) is 4.88 Å². The monoisotopic (exact) mass is 347 g/mol. The molecule has 0 aliphatic rings. The first-order chi connectivity index (χ1) is 8.52. The first-order valence-corrected chi connectivity index (χ1v) is 7.62. The molecule has 0 aromatic carbocycles. The quantitative estimate of drug-likeness (QED) is 0.913. The van der Waals surface area contributed by atoms with E-state index in [9.17, 15) is 0 Å². The molecule has 0 aliphatic heterocycles. The molecule has 2 aromatic rings. The summed E-state index contributed by atoms with van der Waals surface area (Å²) in [4.78, 5) is 1.29. The summed E-state index contributed by atoms with van der Waals surface area (Å²) in [5, 5.41) is 8.45. The normalized spacial score (nSPS) is 12.9. The third kappa shape index (κ3) is 2.79. The predicted molar refractivity (Wildman–Crippen MR) is 80.5 cm³/mol. The number of rotatable bonds is 4. The Labute approximate surface area is 124 Å². The molecule has 0 saturated heterocycles. The van der Waals surface area contributed by atoms with Gasteiger partial charge in [0, 0.05) is 24.4 Å². The molecule has 2 heterocycles. The number of hydrogen-bond donors (Lipinski definition) is 1. The fourth-order valence-corrected chi connectivity index (χ4v) is 3.73. The maximum absolute atomic E-state index is 6.29. The van der Waals surface area contributed by atoms with E-state index in [1.807, 2.05) is 25.7 Å². The molecule has 6 heteroatoms. The van der Waals surface area contributed by atoms with Gasteiger partial charge in [0.15, 0.2) is 0 Å². The van der Waals surface area contributed by atoms with Crippen LogP contribution in [0.25, 0.3) is 0 Å². The summed E-state index contributed by atoms with van der Waals surface area (Å²) in [6.07, 6.45) is 0.833. The van der Waals surface area contributed by atoms with E-state index >= 15 is 0 Å². The molecule has 0 radical (unpaired) electrons. The molecular weight excluding hydrogens is 334 g/mol. The van der Waals surface area contributed by atoms with Gasteiger partial charge < -0.3 is 5.32 Å². The smallest absolute Gasteiger partial charge is 0.0847 e. The molecule has 1 atom stereocenters. The van der Waals surface area contributed by atoms with Crippen molar-refractivity contribution in [2.24, 2.45) is 7.05 Å². The van der Waals surface area contributed by atoms with E-state index in [-0.39, 0.29) is 6.04 Å². The van der Waals surface area contributed by atoms with E-state index in [0.717, 1.165) is 26.6 Å². The Balaban J connectivity index is 2.25. The lowest BCUT2D eigenvalue weighted by atomic mass is 10.1. The molecule has 2 aromatic heterocycles. The highest BCUT2D eigenvalue weighted by Crippen LogP contribution is 2.31. The Bertz CT molecular complexity index is 550. The molecule has 98 valence electrons. The fraction of sp³-hybridized carbons (Fsp3) is 0.417. The van der Waals surface area contributed by atoms with Crippen molar-refractivity contribution >= 4 is 38.9 Å². The molecule has 0 bridgehead atoms. The van der Waals surface area contributed by atoms with Gasteiger partial charge in [-0.3, -0.25) is 4.68 Å². The van der Waals surface area contributed by atoms with Gasteiger partial charge in [-0.2, -0.15) is 5.10 Å². The fourth-order valence-electron chi connectivity index (χ4n) is 1.96. The van der Waals surface area contributed by atoms with Crippen LogP contribution in [-0.4, -0.2) is 16.8 Å². The molecule has 0 aliphatic carbocycles. The van der Waals surface area contributed by atoms with Crippen LogP contribution in [0.2, 0.25) is 5.02 Å². The molecule has 0 saturated carbocycles. The molecule has 3 nitrogen and oxygen atoms in total. The number of hydrogen-bond acceptors (Lipinski definition) is 3. The Hall–Kier alpha value is -0.360. The SMILES string of the molecule is CNC(Cc1c(Cl)c(C)nn1C)c1ccc(Br)s1. The van der Waals surface area contributed by atoms with E-state index in [1.54, 1.807) is 11.3 Å². The van der Waals surface area contributed by atoms with Crippen LogP contribution in [0.4, 0.5) is 0 Å². The van der Waals surface area contributed by atoms with Crippen molar-refractivity contribution in [3.8, 4) is 0 Å². The number of nitrogens with zero attached hydrogens (tertiary/aromatic N) is 2. The van der Waals surface area contributed by atoms with Crippen molar-refractivity contribution in [2.75, 3.05) is 7.05 Å². The van der Waals surface area contributed by atoms with Crippen molar-refractivity contribution in [2.45, 2.75) is 19.4 Å². The number of aryl methyl sites for hydroxylation is 2. The Morgan fingerprint density at radius 2 is 2.28 bits per heavy atom. The van der Waals surface area contributed by atoms with Crippen LogP contribution in [0, 0.1) is 6.92 Å². The van der Waals surface area contributed by atoms with E-state index in [4.69, 9.17) is 11.6 Å². The predicted octanol–water partition coefficient (Wildman–Crippen LogP) is 3.71. The van der Waals surface area contributed by atoms with E-state index in [0.29, 0.717) is 0 Å². The minimum atomic E-state index is 0.258. The van der Waals surface area contributed by atoms with Gasteiger partial charge in [-0.15, -0.1) is 11.3 Å². The van der Waals surface area contributed by atoms with Gasteiger partial charge in [0.25, 0.3) is 0 Å². The molecule has 0 spiro atoms. The van der Waals surface area contributed by atoms with Crippen molar-refractivity contribution < 1.29 is 0 Å². The van der Waals surface area contributed by atoms with Gasteiger partial charge in [-0.05, 0) is 42.0 Å². The molecular formula is C12H15BrClN3S. The first kappa shape index (κ1) is 14.1. The van der Waals surface area contributed by atoms with Gasteiger partial charge in [0.1, 0.15) is 0 Å². The van der Waals surface area contributed by atoms with Gasteiger partial charge in [-0.25, -0.2) is 0 Å². The molecule has 2 rings (SSSR count). The average molecular weight is 349 g/mol. The molecule has 1 unspecified atom stereocenters. The van der Waals surface area contributed by atoms with Crippen molar-refractivity contribution in [1.82, 2.24) is 15.1 Å². The van der Waals surface area contributed by atoms with Crippen molar-refractivity contribution in [1.29, 1.82) is 0 Å². The zero-order valence-corrected chi connectivity index (χ0v) is 13.7. The third-order valence-electron chi connectivity index (χ3n) is 2.95. The Morgan fingerprint density at radius 3 is 2.72 bits per heavy atom. The van der Waals surface area contributed by atoms with E-state index < -0.39 is 0 Å². The second-order valence-corrected chi connectivity index (χ2v) is 7.03. The largest absolute Gasteiger partial charge is 0.312 e. The number of aromatic nitrogens is 2. The zero-order chi connectivity index (χ0) is 13.3. The second kappa shape index (κ2) is 5.74. The summed E-state index contributed by atoms with van der Waals surface area (Å²) in [5.74, 6) is 0. The second-order valence-electron chi connectivity index (χ2n) is 4.16. The number of thiophene rings is 1. The topological polar surface area (TPSA) is 29.9 Å². The average Bonchev–Trinajstić information content (AvgIpc) is 2.84. The highest BCUT2D eigenvalue weighted by Gasteiger charge is 2.18. The molecule has 0 amide bonds. The molecule has 0 fully saturated rings. The van der Waals surface area contributed by atoms with Crippen LogP contribution in [-0.2, 0) is 13.5 Å². The van der Waals surface area contributed by atoms with Gasteiger partial charge in [0.2, 0.25) is 0 Å². The number of halogens is 2. The number of likely N-dealkylation sites (N-methyl/N-ethyl adjacent to an activating group) is 1. The third-order valence-corrected chi connectivity index (χ3v) is 5.17. The Kier molecular flexibility index (Phi) is 4.48. The van der Waals surface area contributed by atoms with Crippen molar-refractivity contribution in [3.05, 3.63) is 37.2 Å². The lowest BCUT2D eigenvalue weighted by Crippen LogP contribution is -2.19. The van der Waals surface area contributed by atoms with Crippen molar-refractivity contribution in [3.63, 3.8) is 0 Å². The van der Waals surface area contributed by atoms with E-state index in [2.05, 4.69) is 38.5 Å². The summed E-state index contributed by atoms with van der Waals surface area (Å²) in [5.41, 5.74) is 1.95. The first-order valence-electron chi connectivity index (χ1n) is 5.63. The van der Waals surface area contributed by atoms with Crippen LogP contribution in [0.1, 0.15) is 22.3 Å². The van der Waals surface area contributed by atoms with Crippen LogP contribution in [0.3, 0.4) is 0 Å². The highest BCUT2D eigenvalue weighted by atomic mass is 79.9. The van der Waals surface area contributed by atoms with Gasteiger partial charge in [-0.1, -0.05) is 11.6 Å². The standard InChI is InChI=1S/C12H15BrClN3S/c1-7-12(14)9(17(3)16-7)6-8(15-2)10-4-5-11(13)18-10/h4-5,8,15H,6H2,1-3H3. The lowest BCUT2D eigenvalue weighted by Gasteiger charge is -2.14. The molecule has 18 heavy (non-hydrogen) atoms. The Morgan fingerprint density at radius 1 is 1.56 bits per heavy atom. The van der Waals surface area contributed by atoms with Crippen LogP contribution in [0.5, 0.6) is 0 Å². The van der Waals surface area contributed by atoms with Gasteiger partial charge in [0.05, 0.1) is 20.2 Å². The summed E-state index contributed by atoms with van der Waals surface area (Å²) in [6.45, 7) is 1.93. The maximum Gasteiger partial charge on any atom is 0.0847 e. The molecule has 1 N–H and O–H groups in total. The van der Waals surface area contributed by atoms with Crippen LogP contribution in [0.15, 0.2) is 15.9 Å². The highest BCUT2D eigenvalue weighted by molar-refractivity contribution is 9.11. The number of nitrogens with one attached hydrogen (secondary N) is 1. The van der Waals surface area contributed by atoms with Crippen LogP contribution < -0.4 is 5.32 Å². The minimum Gasteiger partial charge on any atom is -0.312 e.